The number of Topliss-reactive ketones (excluding diaryl/α,β-unsaturated/α-hetero) is 1. The molecule has 102 valence electrons. The lowest BCUT2D eigenvalue weighted by Crippen LogP contribution is -2.47. The zero-order chi connectivity index (χ0) is 12.4. The number of hydrogen-bond donors (Lipinski definition) is 0. The topological polar surface area (TPSA) is 35.5 Å². The van der Waals surface area contributed by atoms with Crippen LogP contribution in [-0.4, -0.2) is 42.7 Å². The largest absolute Gasteiger partial charge is 0.380 e. The minimum Gasteiger partial charge on any atom is -0.380 e. The molecular formula is C14H22O3S. The Bertz CT molecular complexity index is 307. The molecule has 0 aromatic rings. The number of rotatable bonds is 1. The highest BCUT2D eigenvalue weighted by molar-refractivity contribution is 7.99. The fourth-order valence-electron chi connectivity index (χ4n) is 3.56. The van der Waals surface area contributed by atoms with Gasteiger partial charge in [-0.2, -0.15) is 11.8 Å². The van der Waals surface area contributed by atoms with Crippen molar-refractivity contribution in [1.82, 2.24) is 0 Å². The van der Waals surface area contributed by atoms with Gasteiger partial charge in [-0.1, -0.05) is 0 Å². The molecular weight excluding hydrogens is 248 g/mol. The molecule has 0 bridgehead atoms. The van der Waals surface area contributed by atoms with Crippen molar-refractivity contribution in [3.05, 3.63) is 0 Å². The molecule has 0 aromatic carbocycles. The van der Waals surface area contributed by atoms with Gasteiger partial charge >= 0.3 is 0 Å². The maximum absolute atomic E-state index is 12.0. The van der Waals surface area contributed by atoms with Gasteiger partial charge in [0.05, 0.1) is 18.8 Å². The second-order valence-electron chi connectivity index (χ2n) is 5.79. The molecule has 3 saturated heterocycles. The molecule has 3 fully saturated rings. The molecule has 0 aromatic heterocycles. The van der Waals surface area contributed by atoms with Gasteiger partial charge in [-0.25, -0.2) is 0 Å². The van der Waals surface area contributed by atoms with Gasteiger partial charge in [0.2, 0.25) is 0 Å². The molecule has 0 radical (unpaired) electrons. The van der Waals surface area contributed by atoms with E-state index in [0.717, 1.165) is 32.3 Å². The number of thioether (sulfide) groups is 1. The highest BCUT2D eigenvalue weighted by Gasteiger charge is 2.43. The van der Waals surface area contributed by atoms with E-state index < -0.39 is 0 Å². The van der Waals surface area contributed by atoms with Crippen molar-refractivity contribution in [3.8, 4) is 0 Å². The fourth-order valence-corrected chi connectivity index (χ4v) is 4.80. The molecule has 3 heterocycles. The van der Waals surface area contributed by atoms with Gasteiger partial charge in [-0.15, -0.1) is 0 Å². The summed E-state index contributed by atoms with van der Waals surface area (Å²) in [5.74, 6) is 3.49. The lowest BCUT2D eigenvalue weighted by molar-refractivity contribution is -0.144. The van der Waals surface area contributed by atoms with Crippen molar-refractivity contribution in [2.24, 2.45) is 11.8 Å². The van der Waals surface area contributed by atoms with Gasteiger partial charge < -0.3 is 9.47 Å². The van der Waals surface area contributed by atoms with Gasteiger partial charge in [0.1, 0.15) is 5.78 Å². The third-order valence-corrected chi connectivity index (χ3v) is 5.69. The van der Waals surface area contributed by atoms with E-state index in [0.29, 0.717) is 31.3 Å². The molecule has 1 spiro atoms. The lowest BCUT2D eigenvalue weighted by Gasteiger charge is -2.45. The fraction of sp³-hybridized carbons (Fsp3) is 0.929. The summed E-state index contributed by atoms with van der Waals surface area (Å²) in [6.45, 7) is 2.10. The molecule has 0 amide bonds. The summed E-state index contributed by atoms with van der Waals surface area (Å²) in [7, 11) is 0. The van der Waals surface area contributed by atoms with E-state index in [1.807, 2.05) is 11.8 Å². The first kappa shape index (κ1) is 12.9. The highest BCUT2D eigenvalue weighted by atomic mass is 32.2. The molecule has 0 saturated carbocycles. The first-order chi connectivity index (χ1) is 8.79. The molecule has 2 unspecified atom stereocenters. The van der Waals surface area contributed by atoms with Crippen LogP contribution in [-0.2, 0) is 14.3 Å². The third-order valence-electron chi connectivity index (χ3n) is 4.71. The SMILES string of the molecule is O=C1CCOCC1C1CCOC2(CCSCC2)C1. The summed E-state index contributed by atoms with van der Waals surface area (Å²) in [4.78, 5) is 12.0. The van der Waals surface area contributed by atoms with Gasteiger partial charge in [0.15, 0.2) is 0 Å². The summed E-state index contributed by atoms with van der Waals surface area (Å²) in [5.41, 5.74) is 0.0892. The summed E-state index contributed by atoms with van der Waals surface area (Å²) in [6, 6.07) is 0. The van der Waals surface area contributed by atoms with E-state index in [2.05, 4.69) is 0 Å². The summed E-state index contributed by atoms with van der Waals surface area (Å²) >= 11 is 2.03. The minimum absolute atomic E-state index is 0.0892. The molecule has 0 aliphatic carbocycles. The number of carbonyl (C=O) groups is 1. The van der Waals surface area contributed by atoms with Crippen LogP contribution >= 0.6 is 11.8 Å². The molecule has 18 heavy (non-hydrogen) atoms. The van der Waals surface area contributed by atoms with Crippen LogP contribution in [0, 0.1) is 11.8 Å². The zero-order valence-electron chi connectivity index (χ0n) is 10.9. The Morgan fingerprint density at radius 1 is 1.22 bits per heavy atom. The van der Waals surface area contributed by atoms with Crippen molar-refractivity contribution in [1.29, 1.82) is 0 Å². The molecule has 4 heteroatoms. The average Bonchev–Trinajstić information content (AvgIpc) is 2.40. The van der Waals surface area contributed by atoms with Crippen molar-refractivity contribution in [2.75, 3.05) is 31.3 Å². The Morgan fingerprint density at radius 3 is 2.83 bits per heavy atom. The molecule has 3 aliphatic rings. The Morgan fingerprint density at radius 2 is 2.06 bits per heavy atom. The smallest absolute Gasteiger partial charge is 0.140 e. The number of hydrogen-bond acceptors (Lipinski definition) is 4. The predicted molar refractivity (Wildman–Crippen MR) is 71.9 cm³/mol. The predicted octanol–water partition coefficient (Wildman–Crippen LogP) is 2.28. The summed E-state index contributed by atoms with van der Waals surface area (Å²) < 4.78 is 11.6. The third kappa shape index (κ3) is 2.61. The number of ketones is 1. The van der Waals surface area contributed by atoms with Gasteiger partial charge in [-0.05, 0) is 43.1 Å². The molecule has 0 N–H and O–H groups in total. The van der Waals surface area contributed by atoms with Crippen LogP contribution in [0.1, 0.15) is 32.1 Å². The van der Waals surface area contributed by atoms with Crippen molar-refractivity contribution in [2.45, 2.75) is 37.7 Å². The summed E-state index contributed by atoms with van der Waals surface area (Å²) in [5, 5.41) is 0. The van der Waals surface area contributed by atoms with E-state index in [1.165, 1.54) is 11.5 Å². The maximum atomic E-state index is 12.0. The van der Waals surface area contributed by atoms with Gasteiger partial charge in [0, 0.05) is 18.9 Å². The first-order valence-electron chi connectivity index (χ1n) is 7.11. The maximum Gasteiger partial charge on any atom is 0.140 e. The Kier molecular flexibility index (Phi) is 3.97. The molecule has 2 atom stereocenters. The lowest BCUT2D eigenvalue weighted by atomic mass is 9.74. The summed E-state index contributed by atoms with van der Waals surface area (Å²) in [6.07, 6.45) is 5.05. The Balaban J connectivity index is 1.67. The number of ether oxygens (including phenoxy) is 2. The number of carbonyl (C=O) groups excluding carboxylic acids is 1. The van der Waals surface area contributed by atoms with Crippen LogP contribution in [0.3, 0.4) is 0 Å². The molecule has 3 aliphatic heterocycles. The van der Waals surface area contributed by atoms with Crippen LogP contribution in [0.15, 0.2) is 0 Å². The van der Waals surface area contributed by atoms with Crippen LogP contribution in [0.25, 0.3) is 0 Å². The van der Waals surface area contributed by atoms with E-state index in [1.54, 1.807) is 0 Å². The van der Waals surface area contributed by atoms with Crippen LogP contribution < -0.4 is 0 Å². The van der Waals surface area contributed by atoms with Crippen LogP contribution in [0.5, 0.6) is 0 Å². The second-order valence-corrected chi connectivity index (χ2v) is 7.02. The minimum atomic E-state index is 0.0892. The normalized spacial score (nSPS) is 36.8. The van der Waals surface area contributed by atoms with E-state index in [9.17, 15) is 4.79 Å². The van der Waals surface area contributed by atoms with Crippen LogP contribution in [0.4, 0.5) is 0 Å². The highest BCUT2D eigenvalue weighted by Crippen LogP contribution is 2.42. The first-order valence-corrected chi connectivity index (χ1v) is 8.27. The Hall–Kier alpha value is -0.0600. The average molecular weight is 270 g/mol. The monoisotopic (exact) mass is 270 g/mol. The quantitative estimate of drug-likeness (QED) is 0.732. The van der Waals surface area contributed by atoms with Crippen molar-refractivity contribution >= 4 is 17.5 Å². The van der Waals surface area contributed by atoms with Crippen LogP contribution in [0.2, 0.25) is 0 Å². The van der Waals surface area contributed by atoms with Gasteiger partial charge in [0.25, 0.3) is 0 Å². The zero-order valence-corrected chi connectivity index (χ0v) is 11.7. The molecule has 3 rings (SSSR count). The van der Waals surface area contributed by atoms with E-state index in [4.69, 9.17) is 9.47 Å². The Labute approximate surface area is 113 Å². The second kappa shape index (κ2) is 5.51. The van der Waals surface area contributed by atoms with E-state index >= 15 is 0 Å². The van der Waals surface area contributed by atoms with Gasteiger partial charge in [-0.3, -0.25) is 4.79 Å². The standard InChI is InChI=1S/C14H22O3S/c15-13-2-5-16-10-12(13)11-1-6-17-14(9-11)3-7-18-8-4-14/h11-12H,1-10H2. The van der Waals surface area contributed by atoms with Crippen molar-refractivity contribution < 1.29 is 14.3 Å². The van der Waals surface area contributed by atoms with E-state index in [-0.39, 0.29) is 11.5 Å². The van der Waals surface area contributed by atoms with Crippen molar-refractivity contribution in [3.63, 3.8) is 0 Å². The molecule has 3 nitrogen and oxygen atoms in total.